The molecule has 4 rings (SSSR count). The van der Waals surface area contributed by atoms with Crippen LogP contribution in [0.15, 0.2) is 23.3 Å². The second-order valence-electron chi connectivity index (χ2n) is 25.4. The SMILES string of the molecule is CC(=O)OCCCO[C@@H]1[C@H](O[Si](C)(C)C(C)(C)C)CC2=CC=C3[C@@H]4CC[C@H]([C@H](C)CCCC(C)(C)O[Si](C)(C)C(C)(C)C)[C@@]4(C)CC[C@@H]3[C@@]2(C)[C@H]1O[Si](C)(C)C(C)(C)C. The van der Waals surface area contributed by atoms with Crippen molar-refractivity contribution in [2.75, 3.05) is 13.2 Å². The molecule has 0 unspecified atom stereocenters. The Morgan fingerprint density at radius 2 is 1.34 bits per heavy atom. The molecule has 0 aromatic carbocycles. The van der Waals surface area contributed by atoms with Crippen LogP contribution in [0.25, 0.3) is 0 Å². The van der Waals surface area contributed by atoms with Gasteiger partial charge in [-0.15, -0.1) is 0 Å². The molecule has 0 amide bonds. The minimum Gasteiger partial charge on any atom is -0.466 e. The van der Waals surface area contributed by atoms with Gasteiger partial charge in [0.25, 0.3) is 0 Å². The minimum atomic E-state index is -2.27. The van der Waals surface area contributed by atoms with Crippen LogP contribution in [0.5, 0.6) is 0 Å². The summed E-state index contributed by atoms with van der Waals surface area (Å²) < 4.78 is 34.7. The molecule has 0 bridgehead atoms. The maximum Gasteiger partial charge on any atom is 0.302 e. The number of hydrogen-bond donors (Lipinski definition) is 0. The van der Waals surface area contributed by atoms with Gasteiger partial charge in [0.15, 0.2) is 25.0 Å². The molecule has 6 nitrogen and oxygen atoms in total. The van der Waals surface area contributed by atoms with Crippen molar-refractivity contribution < 1.29 is 27.5 Å². The van der Waals surface area contributed by atoms with Crippen molar-refractivity contribution in [1.29, 1.82) is 0 Å². The number of esters is 1. The summed E-state index contributed by atoms with van der Waals surface area (Å²) in [5, 5.41) is 0.329. The standard InChI is InChI=1S/C50H94O6Si3/c1-35(24-22-30-48(12,13)56-59(20,21)47(9,10)11)39-27-28-40-38-26-25-37-34-42(54-57(16,17)45(3,4)5)43(53-33-23-32-52-36(2)51)44(55-58(18,19)46(6,7)8)50(37,15)41(38)29-31-49(39,40)14/h25-26,35,39-44H,22-24,27-34H2,1-21H3/t35-,39-,40+,41+,42-,43-,44+,49-,50+/m1/s1. The van der Waals surface area contributed by atoms with Crippen LogP contribution in [-0.2, 0) is 27.5 Å². The Kier molecular flexibility index (Phi) is 15.4. The van der Waals surface area contributed by atoms with E-state index < -0.39 is 25.0 Å². The molecular weight excluding hydrogens is 781 g/mol. The molecule has 0 aliphatic heterocycles. The first kappa shape index (κ1) is 51.1. The summed E-state index contributed by atoms with van der Waals surface area (Å²) in [5.74, 6) is 2.20. The van der Waals surface area contributed by atoms with Crippen LogP contribution in [0.2, 0.25) is 54.4 Å². The molecular formula is C50H94O6Si3. The first-order chi connectivity index (χ1) is 26.6. The molecule has 4 aliphatic carbocycles. The third kappa shape index (κ3) is 10.9. The Labute approximate surface area is 367 Å². The zero-order valence-electron chi connectivity index (χ0n) is 42.4. The Morgan fingerprint density at radius 3 is 1.90 bits per heavy atom. The summed E-state index contributed by atoms with van der Waals surface area (Å²) in [5.41, 5.74) is 3.20. The fourth-order valence-electron chi connectivity index (χ4n) is 11.0. The second-order valence-corrected chi connectivity index (χ2v) is 39.7. The molecule has 9 atom stereocenters. The van der Waals surface area contributed by atoms with Gasteiger partial charge >= 0.3 is 5.97 Å². The number of carbonyl (C=O) groups is 1. The van der Waals surface area contributed by atoms with Crippen LogP contribution in [0, 0.1) is 34.5 Å². The van der Waals surface area contributed by atoms with Gasteiger partial charge in [0.1, 0.15) is 6.10 Å². The molecule has 3 saturated carbocycles. The fraction of sp³-hybridized carbons (Fsp3) is 0.900. The van der Waals surface area contributed by atoms with E-state index in [1.165, 1.54) is 51.0 Å². The molecule has 0 spiro atoms. The largest absolute Gasteiger partial charge is 0.466 e. The van der Waals surface area contributed by atoms with E-state index in [-0.39, 0.29) is 50.4 Å². The number of fused-ring (bicyclic) bond motifs is 5. The summed E-state index contributed by atoms with van der Waals surface area (Å²) in [6.07, 6.45) is 14.9. The lowest BCUT2D eigenvalue weighted by Gasteiger charge is -2.61. The monoisotopic (exact) mass is 875 g/mol. The van der Waals surface area contributed by atoms with Gasteiger partial charge in [-0.25, -0.2) is 0 Å². The van der Waals surface area contributed by atoms with Gasteiger partial charge in [-0.3, -0.25) is 4.79 Å². The van der Waals surface area contributed by atoms with E-state index in [0.717, 1.165) is 18.8 Å². The van der Waals surface area contributed by atoms with Crippen LogP contribution in [0.4, 0.5) is 0 Å². The maximum absolute atomic E-state index is 11.6. The van der Waals surface area contributed by atoms with Gasteiger partial charge in [-0.2, -0.15) is 0 Å². The molecule has 342 valence electrons. The third-order valence-corrected chi connectivity index (χ3v) is 31.2. The van der Waals surface area contributed by atoms with Gasteiger partial charge < -0.3 is 22.8 Å². The van der Waals surface area contributed by atoms with Crippen molar-refractivity contribution >= 4 is 30.9 Å². The highest BCUT2D eigenvalue weighted by Crippen LogP contribution is 2.67. The highest BCUT2D eigenvalue weighted by Gasteiger charge is 2.63. The fourth-order valence-corrected chi connectivity index (χ4v) is 15.5. The van der Waals surface area contributed by atoms with E-state index in [9.17, 15) is 4.79 Å². The lowest BCUT2D eigenvalue weighted by Crippen LogP contribution is -2.65. The molecule has 59 heavy (non-hydrogen) atoms. The van der Waals surface area contributed by atoms with E-state index in [4.69, 9.17) is 22.8 Å². The zero-order valence-corrected chi connectivity index (χ0v) is 45.4. The topological polar surface area (TPSA) is 63.2 Å². The zero-order chi connectivity index (χ0) is 45.0. The van der Waals surface area contributed by atoms with Crippen LogP contribution < -0.4 is 0 Å². The molecule has 4 aliphatic rings. The van der Waals surface area contributed by atoms with Crippen molar-refractivity contribution in [3.63, 3.8) is 0 Å². The predicted octanol–water partition coefficient (Wildman–Crippen LogP) is 14.4. The van der Waals surface area contributed by atoms with Crippen molar-refractivity contribution in [3.8, 4) is 0 Å². The van der Waals surface area contributed by atoms with E-state index in [1.807, 2.05) is 0 Å². The van der Waals surface area contributed by atoms with E-state index in [1.54, 1.807) is 5.57 Å². The van der Waals surface area contributed by atoms with Crippen LogP contribution in [-0.4, -0.2) is 68.0 Å². The van der Waals surface area contributed by atoms with Crippen molar-refractivity contribution in [2.24, 2.45) is 34.5 Å². The minimum absolute atomic E-state index is 0.0414. The molecule has 0 aromatic rings. The Hall–Kier alpha value is -0.559. The number of carbonyl (C=O) groups excluding carboxylic acids is 1. The summed E-state index contributed by atoms with van der Waals surface area (Å²) in [6.45, 7) is 50.3. The summed E-state index contributed by atoms with van der Waals surface area (Å²) in [6, 6.07) is 0. The molecule has 0 aromatic heterocycles. The Balaban J connectivity index is 1.67. The molecule has 9 heteroatoms. The van der Waals surface area contributed by atoms with Crippen LogP contribution in [0.1, 0.15) is 162 Å². The van der Waals surface area contributed by atoms with E-state index in [2.05, 4.69) is 148 Å². The number of allylic oxidation sites excluding steroid dienone is 3. The molecule has 0 N–H and O–H groups in total. The quantitative estimate of drug-likeness (QED) is 0.0874. The summed E-state index contributed by atoms with van der Waals surface area (Å²) in [4.78, 5) is 11.6. The first-order valence-corrected chi connectivity index (χ1v) is 32.6. The van der Waals surface area contributed by atoms with Gasteiger partial charge in [0.2, 0.25) is 0 Å². The second kappa shape index (κ2) is 17.8. The first-order valence-electron chi connectivity index (χ1n) is 23.8. The number of ether oxygens (including phenoxy) is 2. The lowest BCUT2D eigenvalue weighted by atomic mass is 9.49. The van der Waals surface area contributed by atoms with Crippen LogP contribution in [0.3, 0.4) is 0 Å². The highest BCUT2D eigenvalue weighted by molar-refractivity contribution is 6.75. The van der Waals surface area contributed by atoms with Gasteiger partial charge in [-0.05, 0) is 136 Å². The summed E-state index contributed by atoms with van der Waals surface area (Å²) >= 11 is 0. The average molecular weight is 876 g/mol. The lowest BCUT2D eigenvalue weighted by molar-refractivity contribution is -0.155. The number of rotatable bonds is 16. The van der Waals surface area contributed by atoms with Crippen LogP contribution >= 0.6 is 0 Å². The van der Waals surface area contributed by atoms with Crippen molar-refractivity contribution in [3.05, 3.63) is 23.3 Å². The Bertz CT molecular complexity index is 1530. The average Bonchev–Trinajstić information content (AvgIpc) is 3.41. The molecule has 0 heterocycles. The number of hydrogen-bond acceptors (Lipinski definition) is 6. The highest BCUT2D eigenvalue weighted by atomic mass is 28.4. The van der Waals surface area contributed by atoms with Crippen molar-refractivity contribution in [2.45, 2.75) is 240 Å². The third-order valence-electron chi connectivity index (χ3n) is 17.6. The maximum atomic E-state index is 11.6. The molecule has 0 saturated heterocycles. The Morgan fingerprint density at radius 1 is 0.763 bits per heavy atom. The molecule has 0 radical (unpaired) electrons. The van der Waals surface area contributed by atoms with Gasteiger partial charge in [-0.1, -0.05) is 119 Å². The van der Waals surface area contributed by atoms with Crippen molar-refractivity contribution in [1.82, 2.24) is 0 Å². The smallest absolute Gasteiger partial charge is 0.302 e. The summed E-state index contributed by atoms with van der Waals surface area (Å²) in [7, 11) is -6.27. The van der Waals surface area contributed by atoms with E-state index >= 15 is 0 Å². The predicted molar refractivity (Wildman–Crippen MR) is 256 cm³/mol. The van der Waals surface area contributed by atoms with Gasteiger partial charge in [0, 0.05) is 18.8 Å². The molecule has 3 fully saturated rings. The van der Waals surface area contributed by atoms with E-state index in [0.29, 0.717) is 42.8 Å². The normalized spacial score (nSPS) is 31.5. The van der Waals surface area contributed by atoms with Gasteiger partial charge in [0.05, 0.1) is 31.0 Å².